The second-order valence-corrected chi connectivity index (χ2v) is 6.81. The van der Waals surface area contributed by atoms with Crippen LogP contribution in [-0.2, 0) is 9.59 Å². The van der Waals surface area contributed by atoms with E-state index < -0.39 is 6.04 Å². The standard InChI is InChI=1S/C23H22N4O2/c1-16(23(29)26-20-12-6-4-9-18(20)14-24)27(2)15-22(28)25-21-13-7-10-17-8-3-5-11-19(17)21/h3-13,16H,15H2,1-2H3,(H,25,28)(H,26,29)/t16-/m0/s1. The first kappa shape index (κ1) is 20.1. The molecule has 2 N–H and O–H groups in total. The van der Waals surface area contributed by atoms with Gasteiger partial charge in [0, 0.05) is 11.1 Å². The van der Waals surface area contributed by atoms with E-state index in [1.54, 1.807) is 43.1 Å². The van der Waals surface area contributed by atoms with E-state index in [0.717, 1.165) is 16.5 Å². The summed E-state index contributed by atoms with van der Waals surface area (Å²) in [6, 6.07) is 21.9. The van der Waals surface area contributed by atoms with E-state index in [1.807, 2.05) is 42.5 Å². The highest BCUT2D eigenvalue weighted by Gasteiger charge is 2.21. The molecular weight excluding hydrogens is 364 g/mol. The van der Waals surface area contributed by atoms with Gasteiger partial charge in [-0.2, -0.15) is 5.26 Å². The Morgan fingerprint density at radius 2 is 1.62 bits per heavy atom. The summed E-state index contributed by atoms with van der Waals surface area (Å²) in [5.41, 5.74) is 1.59. The monoisotopic (exact) mass is 386 g/mol. The molecule has 1 atom stereocenters. The topological polar surface area (TPSA) is 85.2 Å². The molecule has 0 bridgehead atoms. The van der Waals surface area contributed by atoms with Gasteiger partial charge in [-0.3, -0.25) is 14.5 Å². The number of anilines is 2. The Bertz CT molecular complexity index is 1080. The number of nitrogens with zero attached hydrogens (tertiary/aromatic N) is 2. The molecule has 146 valence electrons. The van der Waals surface area contributed by atoms with Crippen molar-refractivity contribution in [2.75, 3.05) is 24.2 Å². The molecule has 0 aliphatic carbocycles. The molecule has 0 aromatic heterocycles. The zero-order valence-electron chi connectivity index (χ0n) is 16.3. The number of carbonyl (C=O) groups excluding carboxylic acids is 2. The van der Waals surface area contributed by atoms with Gasteiger partial charge in [-0.15, -0.1) is 0 Å². The molecular formula is C23H22N4O2. The number of benzene rings is 3. The Hall–Kier alpha value is -3.69. The van der Waals surface area contributed by atoms with Crippen LogP contribution in [0.5, 0.6) is 0 Å². The predicted octanol–water partition coefficient (Wildman–Crippen LogP) is 3.61. The molecule has 0 aliphatic heterocycles. The number of hydrogen-bond acceptors (Lipinski definition) is 4. The maximum absolute atomic E-state index is 12.5. The summed E-state index contributed by atoms with van der Waals surface area (Å²) in [7, 11) is 1.71. The Morgan fingerprint density at radius 3 is 2.41 bits per heavy atom. The van der Waals surface area contributed by atoms with E-state index in [-0.39, 0.29) is 18.4 Å². The molecule has 0 heterocycles. The third-order valence-electron chi connectivity index (χ3n) is 4.80. The zero-order chi connectivity index (χ0) is 20.8. The maximum atomic E-state index is 12.5. The average molecular weight is 386 g/mol. The van der Waals surface area contributed by atoms with Gasteiger partial charge in [0.1, 0.15) is 6.07 Å². The first-order chi connectivity index (χ1) is 14.0. The number of likely N-dealkylation sites (N-methyl/N-ethyl adjacent to an activating group) is 1. The molecule has 0 spiro atoms. The number of fused-ring (bicyclic) bond motifs is 1. The van der Waals surface area contributed by atoms with Crippen molar-refractivity contribution in [2.45, 2.75) is 13.0 Å². The minimum atomic E-state index is -0.556. The van der Waals surface area contributed by atoms with Crippen molar-refractivity contribution in [1.82, 2.24) is 4.90 Å². The van der Waals surface area contributed by atoms with Gasteiger partial charge in [0.2, 0.25) is 11.8 Å². The first-order valence-electron chi connectivity index (χ1n) is 9.27. The summed E-state index contributed by atoms with van der Waals surface area (Å²) in [6.07, 6.45) is 0. The summed E-state index contributed by atoms with van der Waals surface area (Å²) in [5.74, 6) is -0.492. The van der Waals surface area contributed by atoms with Gasteiger partial charge in [-0.25, -0.2) is 0 Å². The predicted molar refractivity (Wildman–Crippen MR) is 114 cm³/mol. The van der Waals surface area contributed by atoms with Gasteiger partial charge in [0.25, 0.3) is 0 Å². The minimum absolute atomic E-state index is 0.0533. The van der Waals surface area contributed by atoms with Crippen LogP contribution < -0.4 is 10.6 Å². The summed E-state index contributed by atoms with van der Waals surface area (Å²) in [6.45, 7) is 1.77. The lowest BCUT2D eigenvalue weighted by molar-refractivity contribution is -0.122. The van der Waals surface area contributed by atoms with Crippen molar-refractivity contribution in [3.05, 3.63) is 72.3 Å². The third-order valence-corrected chi connectivity index (χ3v) is 4.80. The Labute approximate surface area is 169 Å². The molecule has 0 radical (unpaired) electrons. The summed E-state index contributed by atoms with van der Waals surface area (Å²) in [4.78, 5) is 26.7. The van der Waals surface area contributed by atoms with E-state index in [1.165, 1.54) is 0 Å². The highest BCUT2D eigenvalue weighted by Crippen LogP contribution is 2.23. The van der Waals surface area contributed by atoms with Gasteiger partial charge >= 0.3 is 0 Å². The van der Waals surface area contributed by atoms with Gasteiger partial charge in [0.15, 0.2) is 0 Å². The highest BCUT2D eigenvalue weighted by molar-refractivity contribution is 6.03. The van der Waals surface area contributed by atoms with E-state index in [2.05, 4.69) is 16.7 Å². The molecule has 3 rings (SSSR count). The van der Waals surface area contributed by atoms with Gasteiger partial charge < -0.3 is 10.6 Å². The van der Waals surface area contributed by atoms with Crippen LogP contribution in [0.4, 0.5) is 11.4 Å². The molecule has 29 heavy (non-hydrogen) atoms. The van der Waals surface area contributed by atoms with Crippen molar-refractivity contribution in [2.24, 2.45) is 0 Å². The molecule has 0 unspecified atom stereocenters. The van der Waals surface area contributed by atoms with Crippen molar-refractivity contribution >= 4 is 34.0 Å². The number of nitriles is 1. The average Bonchev–Trinajstić information content (AvgIpc) is 2.73. The van der Waals surface area contributed by atoms with Crippen LogP contribution in [0.25, 0.3) is 10.8 Å². The number of para-hydroxylation sites is 1. The molecule has 3 aromatic carbocycles. The fraction of sp³-hybridized carbons (Fsp3) is 0.174. The normalized spacial score (nSPS) is 11.7. The minimum Gasteiger partial charge on any atom is -0.324 e. The van der Waals surface area contributed by atoms with Crippen LogP contribution in [0.15, 0.2) is 66.7 Å². The summed E-state index contributed by atoms with van der Waals surface area (Å²) in [5, 5.41) is 16.8. The van der Waals surface area contributed by atoms with Gasteiger partial charge in [-0.1, -0.05) is 48.5 Å². The van der Waals surface area contributed by atoms with Crippen LogP contribution in [0.2, 0.25) is 0 Å². The SMILES string of the molecule is C[C@@H](C(=O)Nc1ccccc1C#N)N(C)CC(=O)Nc1cccc2ccccc12. The van der Waals surface area contributed by atoms with E-state index in [4.69, 9.17) is 5.26 Å². The molecule has 0 fully saturated rings. The number of hydrogen-bond donors (Lipinski definition) is 2. The van der Waals surface area contributed by atoms with Gasteiger partial charge in [0.05, 0.1) is 23.8 Å². The molecule has 6 heteroatoms. The lowest BCUT2D eigenvalue weighted by Crippen LogP contribution is -2.43. The molecule has 6 nitrogen and oxygen atoms in total. The van der Waals surface area contributed by atoms with Crippen molar-refractivity contribution in [3.63, 3.8) is 0 Å². The smallest absolute Gasteiger partial charge is 0.241 e. The van der Waals surface area contributed by atoms with E-state index >= 15 is 0 Å². The fourth-order valence-electron chi connectivity index (χ4n) is 3.01. The molecule has 3 aromatic rings. The van der Waals surface area contributed by atoms with E-state index in [0.29, 0.717) is 11.3 Å². The molecule has 0 saturated heterocycles. The lowest BCUT2D eigenvalue weighted by Gasteiger charge is -2.23. The van der Waals surface area contributed by atoms with Crippen molar-refractivity contribution < 1.29 is 9.59 Å². The Balaban J connectivity index is 1.63. The number of carbonyl (C=O) groups is 2. The largest absolute Gasteiger partial charge is 0.324 e. The number of nitrogens with one attached hydrogen (secondary N) is 2. The van der Waals surface area contributed by atoms with Crippen molar-refractivity contribution in [1.29, 1.82) is 5.26 Å². The molecule has 0 saturated carbocycles. The van der Waals surface area contributed by atoms with E-state index in [9.17, 15) is 9.59 Å². The lowest BCUT2D eigenvalue weighted by atomic mass is 10.1. The quantitative estimate of drug-likeness (QED) is 0.678. The molecule has 0 aliphatic rings. The Kier molecular flexibility index (Phi) is 6.22. The Morgan fingerprint density at radius 1 is 0.966 bits per heavy atom. The third kappa shape index (κ3) is 4.78. The zero-order valence-corrected chi connectivity index (χ0v) is 16.3. The second-order valence-electron chi connectivity index (χ2n) is 6.81. The van der Waals surface area contributed by atoms with Crippen LogP contribution in [0.3, 0.4) is 0 Å². The summed E-state index contributed by atoms with van der Waals surface area (Å²) >= 11 is 0. The van der Waals surface area contributed by atoms with Crippen LogP contribution in [0, 0.1) is 11.3 Å². The van der Waals surface area contributed by atoms with Crippen LogP contribution in [-0.4, -0.2) is 36.3 Å². The summed E-state index contributed by atoms with van der Waals surface area (Å²) < 4.78 is 0. The van der Waals surface area contributed by atoms with Crippen LogP contribution >= 0.6 is 0 Å². The highest BCUT2D eigenvalue weighted by atomic mass is 16.2. The van der Waals surface area contributed by atoms with Gasteiger partial charge in [-0.05, 0) is 37.6 Å². The molecule has 2 amide bonds. The second kappa shape index (κ2) is 9.00. The number of amides is 2. The van der Waals surface area contributed by atoms with Crippen LogP contribution in [0.1, 0.15) is 12.5 Å². The first-order valence-corrected chi connectivity index (χ1v) is 9.27. The maximum Gasteiger partial charge on any atom is 0.241 e. The van der Waals surface area contributed by atoms with Crippen molar-refractivity contribution in [3.8, 4) is 6.07 Å². The fourth-order valence-corrected chi connectivity index (χ4v) is 3.01. The number of rotatable bonds is 6.